The largest absolute Gasteiger partial charge is 0.480 e. The van der Waals surface area contributed by atoms with Crippen molar-refractivity contribution in [2.24, 2.45) is 5.73 Å². The molecule has 29 heavy (non-hydrogen) atoms. The van der Waals surface area contributed by atoms with Gasteiger partial charge >= 0.3 is 5.97 Å². The molecule has 13 nitrogen and oxygen atoms in total. The number of hydrogen-bond donors (Lipinski definition) is 8. The van der Waals surface area contributed by atoms with Crippen LogP contribution in [0.3, 0.4) is 0 Å². The number of aliphatic hydroxyl groups is 2. The Kier molecular flexibility index (Phi) is 9.18. The highest BCUT2D eigenvalue weighted by Crippen LogP contribution is 2.01. The zero-order valence-electron chi connectivity index (χ0n) is 16.0. The second-order valence-electron chi connectivity index (χ2n) is 6.45. The molecule has 0 saturated carbocycles. The number of carboxylic acids is 1. The number of aliphatic hydroxyl groups excluding tert-OH is 2. The highest BCUT2D eigenvalue weighted by molar-refractivity contribution is 5.92. The third-order valence-electron chi connectivity index (χ3n) is 3.92. The molecule has 1 rings (SSSR count). The number of nitrogens with one attached hydrogen (secondary N) is 4. The first kappa shape index (κ1) is 24.0. The number of aliphatic carboxylic acids is 1. The molecule has 0 fully saturated rings. The number of imidazole rings is 1. The zero-order chi connectivity index (χ0) is 22.1. The normalized spacial score (nSPS) is 16.0. The van der Waals surface area contributed by atoms with Crippen LogP contribution in [0.2, 0.25) is 0 Å². The molecule has 13 heteroatoms. The fourth-order valence-electron chi connectivity index (χ4n) is 2.22. The van der Waals surface area contributed by atoms with Gasteiger partial charge in [0.15, 0.2) is 6.04 Å². The second-order valence-corrected chi connectivity index (χ2v) is 6.45. The Morgan fingerprint density at radius 3 is 2.28 bits per heavy atom. The molecule has 0 aliphatic heterocycles. The number of nitrogens with zero attached hydrogens (tertiary/aromatic N) is 1. The van der Waals surface area contributed by atoms with Crippen LogP contribution in [0.1, 0.15) is 19.5 Å². The maximum absolute atomic E-state index is 12.4. The number of aromatic amines is 1. The Hall–Kier alpha value is -3.03. The van der Waals surface area contributed by atoms with Gasteiger partial charge < -0.3 is 42.0 Å². The van der Waals surface area contributed by atoms with Gasteiger partial charge in [0.1, 0.15) is 12.1 Å². The number of carbonyl (C=O) groups is 4. The second kappa shape index (κ2) is 11.1. The maximum Gasteiger partial charge on any atom is 0.328 e. The third-order valence-corrected chi connectivity index (χ3v) is 3.92. The summed E-state index contributed by atoms with van der Waals surface area (Å²) in [4.78, 5) is 54.0. The van der Waals surface area contributed by atoms with E-state index in [2.05, 4.69) is 25.9 Å². The van der Waals surface area contributed by atoms with Gasteiger partial charge in [0.25, 0.3) is 0 Å². The van der Waals surface area contributed by atoms with E-state index in [1.54, 1.807) is 0 Å². The van der Waals surface area contributed by atoms with E-state index in [1.807, 2.05) is 0 Å². The molecule has 5 unspecified atom stereocenters. The number of carbonyl (C=O) groups excluding carboxylic acids is 3. The van der Waals surface area contributed by atoms with E-state index in [-0.39, 0.29) is 6.42 Å². The summed E-state index contributed by atoms with van der Waals surface area (Å²) in [5, 5.41) is 34.5. The maximum atomic E-state index is 12.4. The van der Waals surface area contributed by atoms with Crippen molar-refractivity contribution in [2.45, 2.75) is 50.6 Å². The molecule has 0 aliphatic carbocycles. The van der Waals surface area contributed by atoms with Crippen LogP contribution in [0.15, 0.2) is 12.5 Å². The molecule has 0 aromatic carbocycles. The van der Waals surface area contributed by atoms with Gasteiger partial charge in [-0.05, 0) is 13.8 Å². The predicted octanol–water partition coefficient (Wildman–Crippen LogP) is -3.79. The standard InChI is InChI=1S/C16H26N6O7/c1-7(23)12(17)15(27)21-10(3-9-4-18-6-20-9)14(26)19-5-11(25)22-13(8(2)24)16(28)29/h4,6-8,10,12-13,23-24H,3,5,17H2,1-2H3,(H,18,20)(H,19,26)(H,21,27)(H,22,25)(H,28,29). The highest BCUT2D eigenvalue weighted by atomic mass is 16.4. The molecule has 3 amide bonds. The van der Waals surface area contributed by atoms with Crippen molar-refractivity contribution in [3.63, 3.8) is 0 Å². The fraction of sp³-hybridized carbons (Fsp3) is 0.562. The van der Waals surface area contributed by atoms with Gasteiger partial charge in [0.05, 0.1) is 25.1 Å². The average Bonchev–Trinajstić information content (AvgIpc) is 3.15. The quantitative estimate of drug-likeness (QED) is 0.178. The Bertz CT molecular complexity index is 707. The Morgan fingerprint density at radius 1 is 1.14 bits per heavy atom. The molecule has 0 aliphatic rings. The number of H-pyrrole nitrogens is 1. The van der Waals surface area contributed by atoms with Crippen LogP contribution in [0.25, 0.3) is 0 Å². The smallest absolute Gasteiger partial charge is 0.328 e. The summed E-state index contributed by atoms with van der Waals surface area (Å²) in [6.07, 6.45) is 0.320. The van der Waals surface area contributed by atoms with Crippen molar-refractivity contribution in [1.29, 1.82) is 0 Å². The van der Waals surface area contributed by atoms with E-state index in [0.29, 0.717) is 5.69 Å². The molecule has 0 radical (unpaired) electrons. The molecule has 162 valence electrons. The number of aromatic nitrogens is 2. The molecule has 0 saturated heterocycles. The van der Waals surface area contributed by atoms with E-state index < -0.39 is 60.6 Å². The Labute approximate surface area is 166 Å². The van der Waals surface area contributed by atoms with Gasteiger partial charge in [-0.1, -0.05) is 0 Å². The van der Waals surface area contributed by atoms with Crippen LogP contribution in [0, 0.1) is 0 Å². The molecule has 1 aromatic heterocycles. The number of amides is 3. The van der Waals surface area contributed by atoms with Crippen molar-refractivity contribution in [2.75, 3.05) is 6.54 Å². The van der Waals surface area contributed by atoms with Crippen LogP contribution >= 0.6 is 0 Å². The lowest BCUT2D eigenvalue weighted by atomic mass is 10.1. The van der Waals surface area contributed by atoms with Crippen LogP contribution in [-0.4, -0.2) is 85.9 Å². The third kappa shape index (κ3) is 7.85. The SMILES string of the molecule is CC(O)C(N)C(=O)NC(Cc1cnc[nH]1)C(=O)NCC(=O)NC(C(=O)O)C(C)O. The summed E-state index contributed by atoms with van der Waals surface area (Å²) in [6, 6.07) is -3.95. The lowest BCUT2D eigenvalue weighted by molar-refractivity contribution is -0.144. The monoisotopic (exact) mass is 414 g/mol. The van der Waals surface area contributed by atoms with Crippen molar-refractivity contribution in [3.05, 3.63) is 18.2 Å². The van der Waals surface area contributed by atoms with Gasteiger partial charge in [0.2, 0.25) is 17.7 Å². The molecular weight excluding hydrogens is 388 g/mol. The first-order valence-corrected chi connectivity index (χ1v) is 8.72. The minimum absolute atomic E-state index is 0.00283. The lowest BCUT2D eigenvalue weighted by Gasteiger charge is -2.22. The van der Waals surface area contributed by atoms with Gasteiger partial charge in [-0.25, -0.2) is 9.78 Å². The molecular formula is C16H26N6O7. The highest BCUT2D eigenvalue weighted by Gasteiger charge is 2.28. The Balaban J connectivity index is 2.74. The summed E-state index contributed by atoms with van der Waals surface area (Å²) in [7, 11) is 0. The lowest BCUT2D eigenvalue weighted by Crippen LogP contribution is -2.56. The van der Waals surface area contributed by atoms with E-state index in [4.69, 9.17) is 10.8 Å². The average molecular weight is 414 g/mol. The molecule has 1 aromatic rings. The van der Waals surface area contributed by atoms with E-state index in [0.717, 1.165) is 0 Å². The summed E-state index contributed by atoms with van der Waals surface area (Å²) < 4.78 is 0. The summed E-state index contributed by atoms with van der Waals surface area (Å²) in [5.41, 5.74) is 6.07. The van der Waals surface area contributed by atoms with Crippen molar-refractivity contribution in [1.82, 2.24) is 25.9 Å². The number of rotatable bonds is 11. The summed E-state index contributed by atoms with van der Waals surface area (Å²) in [5.74, 6) is -3.80. The number of carboxylic acid groups (broad SMARTS) is 1. The number of nitrogens with two attached hydrogens (primary N) is 1. The first-order valence-electron chi connectivity index (χ1n) is 8.72. The molecule has 9 N–H and O–H groups in total. The molecule has 0 bridgehead atoms. The van der Waals surface area contributed by atoms with Crippen LogP contribution in [0.5, 0.6) is 0 Å². The van der Waals surface area contributed by atoms with Gasteiger partial charge in [0, 0.05) is 18.3 Å². The van der Waals surface area contributed by atoms with Gasteiger partial charge in [-0.2, -0.15) is 0 Å². The molecule has 0 spiro atoms. The van der Waals surface area contributed by atoms with Gasteiger partial charge in [-0.3, -0.25) is 14.4 Å². The van der Waals surface area contributed by atoms with Crippen LogP contribution in [-0.2, 0) is 25.6 Å². The molecule has 1 heterocycles. The van der Waals surface area contributed by atoms with E-state index in [1.165, 1.54) is 26.4 Å². The molecule has 5 atom stereocenters. The van der Waals surface area contributed by atoms with E-state index >= 15 is 0 Å². The predicted molar refractivity (Wildman–Crippen MR) is 98.1 cm³/mol. The van der Waals surface area contributed by atoms with E-state index in [9.17, 15) is 29.4 Å². The van der Waals surface area contributed by atoms with Crippen molar-refractivity contribution >= 4 is 23.7 Å². The first-order chi connectivity index (χ1) is 13.5. The minimum atomic E-state index is -1.54. The van der Waals surface area contributed by atoms with Crippen molar-refractivity contribution < 1.29 is 34.5 Å². The fourth-order valence-corrected chi connectivity index (χ4v) is 2.22. The zero-order valence-corrected chi connectivity index (χ0v) is 16.0. The topological polar surface area (TPSA) is 220 Å². The summed E-state index contributed by atoms with van der Waals surface area (Å²) in [6.45, 7) is 1.92. The number of hydrogen-bond acceptors (Lipinski definition) is 8. The minimum Gasteiger partial charge on any atom is -0.480 e. The van der Waals surface area contributed by atoms with Crippen molar-refractivity contribution in [3.8, 4) is 0 Å². The van der Waals surface area contributed by atoms with Crippen LogP contribution in [0.4, 0.5) is 0 Å². The van der Waals surface area contributed by atoms with Crippen LogP contribution < -0.4 is 21.7 Å². The summed E-state index contributed by atoms with van der Waals surface area (Å²) >= 11 is 0. The Morgan fingerprint density at radius 2 is 1.79 bits per heavy atom. The van der Waals surface area contributed by atoms with Gasteiger partial charge in [-0.15, -0.1) is 0 Å².